The Hall–Kier alpha value is -4.12. The molecule has 2 N–H and O–H groups in total. The molecule has 2 aromatic carbocycles. The lowest BCUT2D eigenvalue weighted by molar-refractivity contribution is 0.0578. The van der Waals surface area contributed by atoms with Crippen LogP contribution in [0.2, 0.25) is 0 Å². The summed E-state index contributed by atoms with van der Waals surface area (Å²) in [4.78, 5) is 46.2. The third-order valence-corrected chi connectivity index (χ3v) is 6.49. The van der Waals surface area contributed by atoms with Crippen LogP contribution in [0.25, 0.3) is 0 Å². The van der Waals surface area contributed by atoms with Crippen molar-refractivity contribution in [1.29, 1.82) is 0 Å². The predicted octanol–water partition coefficient (Wildman–Crippen LogP) is 7.10. The summed E-state index contributed by atoms with van der Waals surface area (Å²) in [6.45, 7) is 13.1. The number of nitrogens with one attached hydrogen (secondary N) is 2. The molecule has 1 aromatic heterocycles. The van der Waals surface area contributed by atoms with Gasteiger partial charge in [0.2, 0.25) is 0 Å². The summed E-state index contributed by atoms with van der Waals surface area (Å²) in [5.74, 6) is -0.227. The molecule has 0 radical (unpaired) electrons. The van der Waals surface area contributed by atoms with Gasteiger partial charge in [-0.15, -0.1) is 11.3 Å². The lowest BCUT2D eigenvalue weighted by atomic mass is 10.1. The fourth-order valence-electron chi connectivity index (χ4n) is 3.87. The number of benzene rings is 2. The van der Waals surface area contributed by atoms with Gasteiger partial charge in [0.05, 0.1) is 11.3 Å². The number of nitrogens with zero attached hydrogens (tertiary/aromatic N) is 3. The first-order valence-corrected chi connectivity index (χ1v) is 14.5. The SMILES string of the molecule is Cc1ccc(C(=O)Nc2ccc(N(CCc3csc(NC(=O)OC(C)(C)C)n3)C(=O)OC(C)(C)C)cc2)c(N(C)C)c1. The zero-order chi connectivity index (χ0) is 31.2. The Labute approximate surface area is 252 Å². The van der Waals surface area contributed by atoms with Crippen LogP contribution in [0, 0.1) is 6.92 Å². The van der Waals surface area contributed by atoms with Crippen molar-refractivity contribution in [2.75, 3.05) is 41.1 Å². The smallest absolute Gasteiger partial charge is 0.414 e. The molecule has 0 saturated carbocycles. The van der Waals surface area contributed by atoms with Crippen LogP contribution >= 0.6 is 11.3 Å². The van der Waals surface area contributed by atoms with Crippen molar-refractivity contribution >= 4 is 51.6 Å². The summed E-state index contributed by atoms with van der Waals surface area (Å²) in [5.41, 5.74) is 3.05. The van der Waals surface area contributed by atoms with Crippen molar-refractivity contribution in [3.8, 4) is 0 Å². The summed E-state index contributed by atoms with van der Waals surface area (Å²) < 4.78 is 10.9. The van der Waals surface area contributed by atoms with Gasteiger partial charge in [0.25, 0.3) is 5.91 Å². The van der Waals surface area contributed by atoms with Gasteiger partial charge in [-0.1, -0.05) is 6.07 Å². The number of thiazole rings is 1. The quantitative estimate of drug-likeness (QED) is 0.286. The van der Waals surface area contributed by atoms with Crippen molar-refractivity contribution in [3.63, 3.8) is 0 Å². The normalized spacial score (nSPS) is 11.5. The van der Waals surface area contributed by atoms with Crippen LogP contribution < -0.4 is 20.4 Å². The molecule has 0 aliphatic heterocycles. The van der Waals surface area contributed by atoms with E-state index in [4.69, 9.17) is 9.47 Å². The number of ether oxygens (including phenoxy) is 2. The molecule has 3 amide bonds. The molecule has 3 aromatic rings. The average Bonchev–Trinajstić information content (AvgIpc) is 3.29. The number of amides is 3. The van der Waals surface area contributed by atoms with Crippen LogP contribution in [0.15, 0.2) is 47.8 Å². The first-order valence-electron chi connectivity index (χ1n) is 13.6. The molecule has 0 fully saturated rings. The molecule has 226 valence electrons. The number of hydrogen-bond acceptors (Lipinski definition) is 8. The van der Waals surface area contributed by atoms with Crippen molar-refractivity contribution in [3.05, 3.63) is 64.7 Å². The third-order valence-electron chi connectivity index (χ3n) is 5.68. The first-order chi connectivity index (χ1) is 19.5. The van der Waals surface area contributed by atoms with Crippen LogP contribution in [-0.4, -0.2) is 54.9 Å². The van der Waals surface area contributed by atoms with E-state index in [9.17, 15) is 14.4 Å². The molecule has 1 heterocycles. The fourth-order valence-corrected chi connectivity index (χ4v) is 4.60. The van der Waals surface area contributed by atoms with Crippen LogP contribution in [0.4, 0.5) is 31.8 Å². The number of hydrogen-bond donors (Lipinski definition) is 2. The Kier molecular flexibility index (Phi) is 10.2. The Morgan fingerprint density at radius 1 is 0.905 bits per heavy atom. The van der Waals surface area contributed by atoms with Gasteiger partial charge >= 0.3 is 12.2 Å². The van der Waals surface area contributed by atoms with E-state index in [1.807, 2.05) is 70.3 Å². The van der Waals surface area contributed by atoms with Crippen molar-refractivity contribution in [1.82, 2.24) is 4.98 Å². The van der Waals surface area contributed by atoms with E-state index in [0.29, 0.717) is 34.2 Å². The zero-order valence-electron chi connectivity index (χ0n) is 25.8. The van der Waals surface area contributed by atoms with Gasteiger partial charge in [-0.05, 0) is 90.4 Å². The predicted molar refractivity (Wildman–Crippen MR) is 169 cm³/mol. The molecular weight excluding hydrogens is 554 g/mol. The Bertz CT molecular complexity index is 1400. The summed E-state index contributed by atoms with van der Waals surface area (Å²) in [6, 6.07) is 12.7. The van der Waals surface area contributed by atoms with Crippen LogP contribution in [0.3, 0.4) is 0 Å². The van der Waals surface area contributed by atoms with E-state index in [0.717, 1.165) is 11.3 Å². The first kappa shape index (κ1) is 32.4. The molecule has 11 heteroatoms. The van der Waals surface area contributed by atoms with Crippen molar-refractivity contribution in [2.24, 2.45) is 0 Å². The minimum atomic E-state index is -0.688. The highest BCUT2D eigenvalue weighted by Gasteiger charge is 2.24. The van der Waals surface area contributed by atoms with Gasteiger partial charge < -0.3 is 19.7 Å². The van der Waals surface area contributed by atoms with Gasteiger partial charge in [-0.2, -0.15) is 0 Å². The van der Waals surface area contributed by atoms with Gasteiger partial charge in [-0.3, -0.25) is 15.0 Å². The number of carbonyl (C=O) groups is 3. The molecule has 0 saturated heterocycles. The molecule has 0 unspecified atom stereocenters. The molecule has 0 aliphatic rings. The van der Waals surface area contributed by atoms with E-state index in [2.05, 4.69) is 15.6 Å². The highest BCUT2D eigenvalue weighted by Crippen LogP contribution is 2.25. The summed E-state index contributed by atoms with van der Waals surface area (Å²) >= 11 is 1.28. The molecule has 10 nitrogen and oxygen atoms in total. The van der Waals surface area contributed by atoms with Gasteiger partial charge in [0.1, 0.15) is 11.2 Å². The summed E-state index contributed by atoms with van der Waals surface area (Å²) in [7, 11) is 3.80. The van der Waals surface area contributed by atoms with Gasteiger partial charge in [0.15, 0.2) is 5.13 Å². The molecule has 0 atom stereocenters. The lowest BCUT2D eigenvalue weighted by Gasteiger charge is -2.27. The second-order valence-electron chi connectivity index (χ2n) is 12.1. The molecule has 0 aliphatic carbocycles. The molecule has 42 heavy (non-hydrogen) atoms. The second kappa shape index (κ2) is 13.2. The fraction of sp³-hybridized carbons (Fsp3) is 0.419. The maximum absolute atomic E-state index is 13.2. The van der Waals surface area contributed by atoms with Crippen LogP contribution in [-0.2, 0) is 15.9 Å². The minimum Gasteiger partial charge on any atom is -0.444 e. The zero-order valence-corrected chi connectivity index (χ0v) is 26.6. The Morgan fingerprint density at radius 2 is 1.55 bits per heavy atom. The van der Waals surface area contributed by atoms with Crippen LogP contribution in [0.5, 0.6) is 0 Å². The molecule has 3 rings (SSSR count). The minimum absolute atomic E-state index is 0.227. The largest absolute Gasteiger partial charge is 0.444 e. The molecular formula is C31H41N5O5S. The van der Waals surface area contributed by atoms with E-state index < -0.39 is 23.4 Å². The van der Waals surface area contributed by atoms with Gasteiger partial charge in [0, 0.05) is 49.5 Å². The monoisotopic (exact) mass is 595 g/mol. The summed E-state index contributed by atoms with van der Waals surface area (Å²) in [6.07, 6.45) is -0.659. The molecule has 0 bridgehead atoms. The van der Waals surface area contributed by atoms with E-state index in [1.54, 1.807) is 45.0 Å². The van der Waals surface area contributed by atoms with E-state index in [-0.39, 0.29) is 12.5 Å². The average molecular weight is 596 g/mol. The highest BCUT2D eigenvalue weighted by molar-refractivity contribution is 7.13. The molecule has 0 spiro atoms. The number of aromatic nitrogens is 1. The number of carbonyl (C=O) groups excluding carboxylic acids is 3. The number of rotatable bonds is 8. The number of anilines is 4. The lowest BCUT2D eigenvalue weighted by Crippen LogP contribution is -2.38. The second-order valence-corrected chi connectivity index (χ2v) is 12.9. The summed E-state index contributed by atoms with van der Waals surface area (Å²) in [5, 5.41) is 7.82. The van der Waals surface area contributed by atoms with Gasteiger partial charge in [-0.25, -0.2) is 14.6 Å². The van der Waals surface area contributed by atoms with Crippen molar-refractivity contribution < 1.29 is 23.9 Å². The van der Waals surface area contributed by atoms with Crippen LogP contribution in [0.1, 0.15) is 63.2 Å². The standard InChI is InChI=1S/C31H41N5O5S/c1-20-10-15-24(25(18-20)35(8)9)26(37)32-21-11-13-23(14-12-21)36(29(39)41-31(5,6)7)17-16-22-19-42-27(33-22)34-28(38)40-30(2,3)4/h10-15,18-19H,16-17H2,1-9H3,(H,32,37)(H,33,34,38). The highest BCUT2D eigenvalue weighted by atomic mass is 32.1. The number of aryl methyl sites for hydroxylation is 1. The third kappa shape index (κ3) is 9.76. The topological polar surface area (TPSA) is 113 Å². The van der Waals surface area contributed by atoms with E-state index >= 15 is 0 Å². The maximum atomic E-state index is 13.2. The van der Waals surface area contributed by atoms with Crippen molar-refractivity contribution in [2.45, 2.75) is 66.1 Å². The Balaban J connectivity index is 1.74. The Morgan fingerprint density at radius 3 is 2.14 bits per heavy atom. The van der Waals surface area contributed by atoms with E-state index in [1.165, 1.54) is 16.2 Å². The maximum Gasteiger partial charge on any atom is 0.414 e.